The molecule has 0 spiro atoms. The van der Waals surface area contributed by atoms with Crippen LogP contribution in [0.5, 0.6) is 0 Å². The van der Waals surface area contributed by atoms with E-state index in [4.69, 9.17) is 4.98 Å². The molecule has 1 atom stereocenters. The third-order valence-corrected chi connectivity index (χ3v) is 9.77. The largest absolute Gasteiger partial charge is 0.478 e. The molecule has 2 N–H and O–H groups in total. The van der Waals surface area contributed by atoms with E-state index in [9.17, 15) is 14.7 Å². The second-order valence-electron chi connectivity index (χ2n) is 12.7. The number of fused-ring (bicyclic) bond motifs is 1. The van der Waals surface area contributed by atoms with Crippen molar-refractivity contribution in [2.75, 3.05) is 18.4 Å². The number of hydrogen-bond acceptors (Lipinski definition) is 5. The van der Waals surface area contributed by atoms with Gasteiger partial charge >= 0.3 is 5.97 Å². The number of benzene rings is 2. The summed E-state index contributed by atoms with van der Waals surface area (Å²) in [4.78, 5) is 31.1. The van der Waals surface area contributed by atoms with Gasteiger partial charge in [-0.1, -0.05) is 36.4 Å². The highest BCUT2D eigenvalue weighted by molar-refractivity contribution is 5.88. The number of aromatic nitrogens is 3. The van der Waals surface area contributed by atoms with Crippen LogP contribution in [0, 0.1) is 19.8 Å². The lowest BCUT2D eigenvalue weighted by Crippen LogP contribution is -2.38. The maximum absolute atomic E-state index is 12.6. The predicted molar refractivity (Wildman–Crippen MR) is 170 cm³/mol. The van der Waals surface area contributed by atoms with Gasteiger partial charge < -0.3 is 15.3 Å². The number of carbonyl (C=O) groups is 2. The fourth-order valence-corrected chi connectivity index (χ4v) is 7.05. The fourth-order valence-electron chi connectivity index (χ4n) is 7.05. The van der Waals surface area contributed by atoms with Crippen LogP contribution >= 0.6 is 0 Å². The number of nitrogens with zero attached hydrogens (tertiary/aromatic N) is 4. The average molecular weight is 590 g/mol. The molecule has 1 aliphatic heterocycles. The van der Waals surface area contributed by atoms with Crippen molar-refractivity contribution in [1.29, 1.82) is 0 Å². The molecule has 226 valence electrons. The summed E-state index contributed by atoms with van der Waals surface area (Å²) in [5.74, 6) is 1.09. The Morgan fingerprint density at radius 1 is 0.977 bits per heavy atom. The Bertz CT molecular complexity index is 1730. The van der Waals surface area contributed by atoms with Crippen LogP contribution in [-0.2, 0) is 11.2 Å². The van der Waals surface area contributed by atoms with E-state index >= 15 is 0 Å². The van der Waals surface area contributed by atoms with Gasteiger partial charge in [0.2, 0.25) is 5.91 Å². The van der Waals surface area contributed by atoms with E-state index in [-0.39, 0.29) is 11.6 Å². The molecule has 1 unspecified atom stereocenters. The van der Waals surface area contributed by atoms with Crippen molar-refractivity contribution in [3.05, 3.63) is 94.3 Å². The number of amides is 1. The standard InChI is InChI=1S/C36H39N5O3/c1-22-19-27(25-15-17-40(18-16-25)34(42)20-24-9-10-24)12-13-30(22)38-32-14-11-26-5-3-6-28(35(26)32)31-7-4-8-33(39-31)41-23(2)29(21-37-41)36(43)44/h3-8,12-13,19,21,24-25,32,38H,9-11,14-18,20H2,1-2H3,(H,43,44). The van der Waals surface area contributed by atoms with Gasteiger partial charge in [0.25, 0.3) is 0 Å². The van der Waals surface area contributed by atoms with Gasteiger partial charge in [0, 0.05) is 30.8 Å². The SMILES string of the molecule is Cc1cc(C2CCN(C(=O)CC3CC3)CC2)ccc1NC1CCc2cccc(-c3cccc(-n4ncc(C(=O)O)c4C)n3)c21. The zero-order valence-electron chi connectivity index (χ0n) is 25.4. The number of carbonyl (C=O) groups excluding carboxylic acids is 1. The summed E-state index contributed by atoms with van der Waals surface area (Å²) in [6.45, 7) is 5.67. The minimum Gasteiger partial charge on any atom is -0.478 e. The van der Waals surface area contributed by atoms with E-state index < -0.39 is 5.97 Å². The zero-order valence-corrected chi connectivity index (χ0v) is 25.4. The van der Waals surface area contributed by atoms with Gasteiger partial charge in [-0.15, -0.1) is 0 Å². The van der Waals surface area contributed by atoms with Gasteiger partial charge in [-0.05, 0) is 105 Å². The smallest absolute Gasteiger partial charge is 0.339 e. The Morgan fingerprint density at radius 2 is 1.77 bits per heavy atom. The predicted octanol–water partition coefficient (Wildman–Crippen LogP) is 6.85. The highest BCUT2D eigenvalue weighted by atomic mass is 16.4. The lowest BCUT2D eigenvalue weighted by Gasteiger charge is -2.32. The molecular formula is C36H39N5O3. The van der Waals surface area contributed by atoms with Crippen molar-refractivity contribution < 1.29 is 14.7 Å². The third kappa shape index (κ3) is 5.49. The van der Waals surface area contributed by atoms with Crippen molar-refractivity contribution in [3.63, 3.8) is 0 Å². The number of rotatable bonds is 8. The maximum atomic E-state index is 12.6. The van der Waals surface area contributed by atoms with Gasteiger partial charge in [0.1, 0.15) is 5.56 Å². The van der Waals surface area contributed by atoms with Gasteiger partial charge in [0.15, 0.2) is 5.82 Å². The number of piperidine rings is 1. The molecule has 1 saturated heterocycles. The normalized spacial score (nSPS) is 18.3. The first-order valence-corrected chi connectivity index (χ1v) is 15.9. The van der Waals surface area contributed by atoms with Crippen LogP contribution in [0.4, 0.5) is 5.69 Å². The van der Waals surface area contributed by atoms with Crippen molar-refractivity contribution in [3.8, 4) is 17.1 Å². The minimum absolute atomic E-state index is 0.155. The van der Waals surface area contributed by atoms with Crippen molar-refractivity contribution in [2.45, 2.75) is 70.8 Å². The summed E-state index contributed by atoms with van der Waals surface area (Å²) in [5, 5.41) is 17.6. The number of pyridine rings is 1. The molecule has 2 aromatic carbocycles. The molecular weight excluding hydrogens is 550 g/mol. The van der Waals surface area contributed by atoms with Gasteiger partial charge in [-0.3, -0.25) is 4.79 Å². The molecule has 7 rings (SSSR count). The van der Waals surface area contributed by atoms with E-state index in [2.05, 4.69) is 58.6 Å². The fraction of sp³-hybridized carbons (Fsp3) is 0.389. The molecule has 0 radical (unpaired) electrons. The van der Waals surface area contributed by atoms with E-state index in [0.29, 0.717) is 29.3 Å². The van der Waals surface area contributed by atoms with Crippen LogP contribution in [0.25, 0.3) is 17.1 Å². The molecule has 2 aromatic heterocycles. The molecule has 2 fully saturated rings. The number of carboxylic acids is 1. The number of likely N-dealkylation sites (tertiary alicyclic amines) is 1. The molecule has 3 aliphatic rings. The summed E-state index contributed by atoms with van der Waals surface area (Å²) < 4.78 is 1.59. The number of hydrogen-bond donors (Lipinski definition) is 2. The molecule has 1 amide bonds. The van der Waals surface area contributed by atoms with Crippen LogP contribution in [0.15, 0.2) is 60.8 Å². The second kappa shape index (κ2) is 11.6. The summed E-state index contributed by atoms with van der Waals surface area (Å²) in [7, 11) is 0. The minimum atomic E-state index is -0.996. The van der Waals surface area contributed by atoms with Crippen LogP contribution < -0.4 is 5.32 Å². The Labute approximate surface area is 258 Å². The molecule has 8 nitrogen and oxygen atoms in total. The molecule has 44 heavy (non-hydrogen) atoms. The molecule has 4 aromatic rings. The topological polar surface area (TPSA) is 100 Å². The number of nitrogens with one attached hydrogen (secondary N) is 1. The highest BCUT2D eigenvalue weighted by Gasteiger charge is 2.30. The van der Waals surface area contributed by atoms with Crippen molar-refractivity contribution in [1.82, 2.24) is 19.7 Å². The van der Waals surface area contributed by atoms with Crippen LogP contribution in [0.3, 0.4) is 0 Å². The number of carboxylic acid groups (broad SMARTS) is 1. The Balaban J connectivity index is 1.08. The summed E-state index contributed by atoms with van der Waals surface area (Å²) in [6.07, 6.45) is 8.63. The Hall–Kier alpha value is -4.46. The van der Waals surface area contributed by atoms with Crippen molar-refractivity contribution >= 4 is 17.6 Å². The average Bonchev–Trinajstić information content (AvgIpc) is 3.62. The summed E-state index contributed by atoms with van der Waals surface area (Å²) in [6, 6.07) is 19.2. The van der Waals surface area contributed by atoms with Crippen LogP contribution in [-0.4, -0.2) is 49.7 Å². The zero-order chi connectivity index (χ0) is 30.4. The monoisotopic (exact) mass is 589 g/mol. The molecule has 3 heterocycles. The molecule has 1 saturated carbocycles. The van der Waals surface area contributed by atoms with E-state index in [1.54, 1.807) is 11.6 Å². The van der Waals surface area contributed by atoms with E-state index in [1.165, 1.54) is 41.3 Å². The van der Waals surface area contributed by atoms with Crippen LogP contribution in [0.1, 0.15) is 88.8 Å². The van der Waals surface area contributed by atoms with Crippen LogP contribution in [0.2, 0.25) is 0 Å². The van der Waals surface area contributed by atoms with E-state index in [0.717, 1.165) is 62.1 Å². The Kier molecular flexibility index (Phi) is 7.44. The van der Waals surface area contributed by atoms with Gasteiger partial charge in [0.05, 0.1) is 23.6 Å². The van der Waals surface area contributed by atoms with Gasteiger partial charge in [-0.25, -0.2) is 14.5 Å². The Morgan fingerprint density at radius 3 is 2.50 bits per heavy atom. The lowest BCUT2D eigenvalue weighted by atomic mass is 9.88. The third-order valence-electron chi connectivity index (χ3n) is 9.77. The number of anilines is 1. The number of aryl methyl sites for hydroxylation is 2. The lowest BCUT2D eigenvalue weighted by molar-refractivity contribution is -0.132. The van der Waals surface area contributed by atoms with Crippen molar-refractivity contribution in [2.24, 2.45) is 5.92 Å². The quantitative estimate of drug-likeness (QED) is 0.233. The summed E-state index contributed by atoms with van der Waals surface area (Å²) >= 11 is 0. The van der Waals surface area contributed by atoms with E-state index in [1.807, 2.05) is 18.2 Å². The second-order valence-corrected chi connectivity index (χ2v) is 12.7. The van der Waals surface area contributed by atoms with Gasteiger partial charge in [-0.2, -0.15) is 5.10 Å². The first kappa shape index (κ1) is 28.3. The molecule has 2 aliphatic carbocycles. The first-order chi connectivity index (χ1) is 21.4. The number of aromatic carboxylic acids is 1. The summed E-state index contributed by atoms with van der Waals surface area (Å²) in [5.41, 5.74) is 9.00. The molecule has 8 heteroatoms. The first-order valence-electron chi connectivity index (χ1n) is 15.9. The highest BCUT2D eigenvalue weighted by Crippen LogP contribution is 2.41. The maximum Gasteiger partial charge on any atom is 0.339 e. The molecule has 0 bridgehead atoms.